The Bertz CT molecular complexity index is 614. The first kappa shape index (κ1) is 15.9. The Morgan fingerprint density at radius 1 is 0.714 bits per heavy atom. The fourth-order valence-electron chi connectivity index (χ4n) is 1.84. The first-order valence-corrected chi connectivity index (χ1v) is 7.81. The summed E-state index contributed by atoms with van der Waals surface area (Å²) >= 11 is 6.79. The van der Waals surface area contributed by atoms with Crippen LogP contribution in [-0.2, 0) is 4.74 Å². The monoisotopic (exact) mass is 402 g/mol. The van der Waals surface area contributed by atoms with Crippen molar-refractivity contribution in [3.05, 3.63) is 68.6 Å². The average Bonchev–Trinajstić information content (AvgIpc) is 2.51. The van der Waals surface area contributed by atoms with Crippen molar-refractivity contribution in [1.29, 1.82) is 0 Å². The van der Waals surface area contributed by atoms with Gasteiger partial charge in [0.2, 0.25) is 0 Å². The van der Waals surface area contributed by atoms with Crippen LogP contribution in [0.25, 0.3) is 0 Å². The van der Waals surface area contributed by atoms with Crippen LogP contribution < -0.4 is 0 Å². The minimum absolute atomic E-state index is 0.484. The fourth-order valence-corrected chi connectivity index (χ4v) is 2.37. The molecule has 0 aliphatic heterocycles. The maximum atomic E-state index is 5.90. The molecule has 0 fully saturated rings. The number of rotatable bonds is 4. The lowest BCUT2D eigenvalue weighted by atomic mass is 10.1. The molecule has 104 valence electrons. The van der Waals surface area contributed by atoms with E-state index in [0.29, 0.717) is 0 Å². The molecule has 0 spiro atoms. The standard InChI is InChI=1S/C18H12Br2O/c1-3-17(13-5-9-15(19)10-6-13)21-18(4-2)14-7-11-16(20)12-8-14/h1-2,5-12,17-18H. The molecule has 2 atom stereocenters. The summed E-state index contributed by atoms with van der Waals surface area (Å²) in [6.45, 7) is 0. The largest absolute Gasteiger partial charge is 0.340 e. The molecular formula is C18H12Br2O. The second-order valence-electron chi connectivity index (χ2n) is 4.33. The normalized spacial score (nSPS) is 13.0. The van der Waals surface area contributed by atoms with E-state index in [4.69, 9.17) is 17.6 Å². The maximum Gasteiger partial charge on any atom is 0.145 e. The van der Waals surface area contributed by atoms with E-state index in [9.17, 15) is 0 Å². The topological polar surface area (TPSA) is 9.23 Å². The first-order valence-electron chi connectivity index (χ1n) is 6.22. The molecule has 21 heavy (non-hydrogen) atoms. The van der Waals surface area contributed by atoms with E-state index < -0.39 is 12.2 Å². The lowest BCUT2D eigenvalue weighted by molar-refractivity contribution is 0.0516. The smallest absolute Gasteiger partial charge is 0.145 e. The van der Waals surface area contributed by atoms with Gasteiger partial charge in [0, 0.05) is 8.95 Å². The van der Waals surface area contributed by atoms with Gasteiger partial charge in [0.15, 0.2) is 0 Å². The van der Waals surface area contributed by atoms with Crippen LogP contribution in [0.2, 0.25) is 0 Å². The van der Waals surface area contributed by atoms with Gasteiger partial charge in [-0.15, -0.1) is 12.8 Å². The number of hydrogen-bond acceptors (Lipinski definition) is 1. The molecule has 0 amide bonds. The lowest BCUT2D eigenvalue weighted by Gasteiger charge is -2.18. The van der Waals surface area contributed by atoms with Gasteiger partial charge in [0.25, 0.3) is 0 Å². The minimum Gasteiger partial charge on any atom is -0.340 e. The van der Waals surface area contributed by atoms with E-state index in [0.717, 1.165) is 20.1 Å². The Hall–Kier alpha value is -1.52. The molecule has 0 saturated heterocycles. The highest BCUT2D eigenvalue weighted by molar-refractivity contribution is 9.10. The molecular weight excluding hydrogens is 392 g/mol. The summed E-state index contributed by atoms with van der Waals surface area (Å²) < 4.78 is 7.88. The van der Waals surface area contributed by atoms with Gasteiger partial charge in [-0.3, -0.25) is 0 Å². The van der Waals surface area contributed by atoms with Crippen molar-refractivity contribution in [2.75, 3.05) is 0 Å². The highest BCUT2D eigenvalue weighted by Gasteiger charge is 2.16. The van der Waals surface area contributed by atoms with Crippen LogP contribution in [-0.4, -0.2) is 0 Å². The van der Waals surface area contributed by atoms with E-state index in [1.807, 2.05) is 48.5 Å². The number of halogens is 2. The van der Waals surface area contributed by atoms with Crippen LogP contribution in [0.4, 0.5) is 0 Å². The second kappa shape index (κ2) is 7.48. The highest BCUT2D eigenvalue weighted by atomic mass is 79.9. The molecule has 0 aromatic heterocycles. The second-order valence-corrected chi connectivity index (χ2v) is 6.16. The predicted molar refractivity (Wildman–Crippen MR) is 92.5 cm³/mol. The Kier molecular flexibility index (Phi) is 5.65. The van der Waals surface area contributed by atoms with Gasteiger partial charge < -0.3 is 4.74 Å². The first-order chi connectivity index (χ1) is 10.1. The number of hydrogen-bond donors (Lipinski definition) is 0. The van der Waals surface area contributed by atoms with Gasteiger partial charge >= 0.3 is 0 Å². The van der Waals surface area contributed by atoms with Crippen molar-refractivity contribution < 1.29 is 4.74 Å². The quantitative estimate of drug-likeness (QED) is 0.631. The molecule has 1 nitrogen and oxygen atoms in total. The zero-order valence-corrected chi connectivity index (χ0v) is 14.3. The van der Waals surface area contributed by atoms with Crippen molar-refractivity contribution in [3.63, 3.8) is 0 Å². The van der Waals surface area contributed by atoms with Gasteiger partial charge in [0.05, 0.1) is 0 Å². The summed E-state index contributed by atoms with van der Waals surface area (Å²) in [4.78, 5) is 0. The molecule has 2 aromatic carbocycles. The summed E-state index contributed by atoms with van der Waals surface area (Å²) in [6, 6.07) is 15.4. The Morgan fingerprint density at radius 2 is 1.05 bits per heavy atom. The Morgan fingerprint density at radius 3 is 1.33 bits per heavy atom. The molecule has 0 N–H and O–H groups in total. The third-order valence-corrected chi connectivity index (χ3v) is 3.98. The van der Waals surface area contributed by atoms with Gasteiger partial charge in [-0.05, 0) is 35.4 Å². The fraction of sp³-hybridized carbons (Fsp3) is 0.111. The van der Waals surface area contributed by atoms with E-state index in [2.05, 4.69) is 43.7 Å². The summed E-state index contributed by atoms with van der Waals surface area (Å²) in [5.74, 6) is 5.28. The van der Waals surface area contributed by atoms with Crippen LogP contribution in [0.3, 0.4) is 0 Å². The SMILES string of the molecule is C#CC(OC(C#C)c1ccc(Br)cc1)c1ccc(Br)cc1. The zero-order chi connectivity index (χ0) is 15.2. The van der Waals surface area contributed by atoms with Crippen LogP contribution in [0.5, 0.6) is 0 Å². The molecule has 3 heteroatoms. The van der Waals surface area contributed by atoms with E-state index in [-0.39, 0.29) is 0 Å². The molecule has 0 bridgehead atoms. The number of benzene rings is 2. The molecule has 2 rings (SSSR count). The predicted octanol–water partition coefficient (Wildman–Crippen LogP) is 5.28. The minimum atomic E-state index is -0.484. The van der Waals surface area contributed by atoms with E-state index >= 15 is 0 Å². The molecule has 0 saturated carbocycles. The summed E-state index contributed by atoms with van der Waals surface area (Å²) in [5, 5.41) is 0. The highest BCUT2D eigenvalue weighted by Crippen LogP contribution is 2.27. The van der Waals surface area contributed by atoms with E-state index in [1.165, 1.54) is 0 Å². The average molecular weight is 404 g/mol. The van der Waals surface area contributed by atoms with Crippen LogP contribution >= 0.6 is 31.9 Å². The molecule has 0 heterocycles. The number of ether oxygens (including phenoxy) is 1. The van der Waals surface area contributed by atoms with Crippen LogP contribution in [0.15, 0.2) is 57.5 Å². The van der Waals surface area contributed by atoms with Crippen molar-refractivity contribution in [2.45, 2.75) is 12.2 Å². The lowest BCUT2D eigenvalue weighted by Crippen LogP contribution is -2.08. The van der Waals surface area contributed by atoms with Crippen LogP contribution in [0.1, 0.15) is 23.3 Å². The molecule has 0 radical (unpaired) electrons. The van der Waals surface area contributed by atoms with Gasteiger partial charge in [-0.25, -0.2) is 0 Å². The maximum absolute atomic E-state index is 5.90. The Balaban J connectivity index is 2.20. The molecule has 0 aliphatic rings. The zero-order valence-electron chi connectivity index (χ0n) is 11.1. The van der Waals surface area contributed by atoms with Crippen molar-refractivity contribution >= 4 is 31.9 Å². The van der Waals surface area contributed by atoms with Crippen molar-refractivity contribution in [2.24, 2.45) is 0 Å². The summed E-state index contributed by atoms with van der Waals surface area (Å²) in [7, 11) is 0. The molecule has 0 aliphatic carbocycles. The Labute approximate surface area is 142 Å². The third-order valence-electron chi connectivity index (χ3n) is 2.92. The third kappa shape index (κ3) is 4.22. The molecule has 2 unspecified atom stereocenters. The van der Waals surface area contributed by atoms with Crippen molar-refractivity contribution in [3.8, 4) is 24.7 Å². The van der Waals surface area contributed by atoms with Crippen molar-refractivity contribution in [1.82, 2.24) is 0 Å². The van der Waals surface area contributed by atoms with Gasteiger partial charge in [-0.2, -0.15) is 0 Å². The summed E-state index contributed by atoms with van der Waals surface area (Å²) in [5.41, 5.74) is 1.80. The molecule has 2 aromatic rings. The van der Waals surface area contributed by atoms with Gasteiger partial charge in [0.1, 0.15) is 12.2 Å². The van der Waals surface area contributed by atoms with E-state index in [1.54, 1.807) is 0 Å². The van der Waals surface area contributed by atoms with Crippen LogP contribution in [0, 0.1) is 24.7 Å². The van der Waals surface area contributed by atoms with Gasteiger partial charge in [-0.1, -0.05) is 68.0 Å². The number of terminal acetylenes is 2. The summed E-state index contributed by atoms with van der Waals surface area (Å²) in [6.07, 6.45) is 10.2.